The molecule has 5 aromatic carbocycles. The van der Waals surface area contributed by atoms with Crippen LogP contribution in [0.4, 0.5) is 0 Å². The van der Waals surface area contributed by atoms with Crippen LogP contribution in [-0.2, 0) is 5.41 Å². The van der Waals surface area contributed by atoms with Gasteiger partial charge < -0.3 is 4.42 Å². The van der Waals surface area contributed by atoms with Crippen LogP contribution in [0, 0.1) is 11.3 Å². The summed E-state index contributed by atoms with van der Waals surface area (Å²) >= 11 is 0. The Bertz CT molecular complexity index is 2550. The quantitative estimate of drug-likeness (QED) is 0.196. The van der Waals surface area contributed by atoms with Crippen LogP contribution in [0.5, 0.6) is 0 Å². The molecule has 4 nitrogen and oxygen atoms in total. The highest BCUT2D eigenvalue weighted by molar-refractivity contribution is 6.13. The molecule has 0 atom stereocenters. The van der Waals surface area contributed by atoms with Crippen LogP contribution >= 0.6 is 0 Å². The summed E-state index contributed by atoms with van der Waals surface area (Å²) < 4.78 is 6.38. The predicted molar refractivity (Wildman–Crippen MR) is 177 cm³/mol. The number of nitriles is 1. The van der Waals surface area contributed by atoms with E-state index in [2.05, 4.69) is 110 Å². The average molecular weight is 564 g/mol. The van der Waals surface area contributed by atoms with Gasteiger partial charge in [-0.1, -0.05) is 68.4 Å². The number of fused-ring (bicyclic) bond motifs is 9. The van der Waals surface area contributed by atoms with Gasteiger partial charge in [0, 0.05) is 38.7 Å². The van der Waals surface area contributed by atoms with Crippen molar-refractivity contribution in [2.75, 3.05) is 0 Å². The first kappa shape index (κ1) is 24.8. The highest BCUT2D eigenvalue weighted by atomic mass is 16.3. The summed E-state index contributed by atoms with van der Waals surface area (Å²) in [6, 6.07) is 40.2. The molecule has 0 saturated heterocycles. The van der Waals surface area contributed by atoms with E-state index in [0.717, 1.165) is 66.1 Å². The lowest BCUT2D eigenvalue weighted by molar-refractivity contribution is 0.660. The van der Waals surface area contributed by atoms with Gasteiger partial charge in [-0.15, -0.1) is 0 Å². The molecule has 0 fully saturated rings. The molecule has 3 heterocycles. The first-order valence-electron chi connectivity index (χ1n) is 14.8. The number of furan rings is 1. The van der Waals surface area contributed by atoms with Crippen molar-refractivity contribution in [2.24, 2.45) is 0 Å². The first-order valence-corrected chi connectivity index (χ1v) is 14.8. The van der Waals surface area contributed by atoms with Gasteiger partial charge in [0.1, 0.15) is 11.2 Å². The highest BCUT2D eigenvalue weighted by Crippen LogP contribution is 2.50. The average Bonchev–Trinajstić information content (AvgIpc) is 3.55. The Morgan fingerprint density at radius 2 is 1.43 bits per heavy atom. The summed E-state index contributed by atoms with van der Waals surface area (Å²) in [5.74, 6) is 0. The van der Waals surface area contributed by atoms with Crippen molar-refractivity contribution in [3.8, 4) is 39.6 Å². The van der Waals surface area contributed by atoms with E-state index in [0.29, 0.717) is 5.56 Å². The van der Waals surface area contributed by atoms with Gasteiger partial charge in [0.15, 0.2) is 0 Å². The second-order valence-electron chi connectivity index (χ2n) is 12.2. The summed E-state index contributed by atoms with van der Waals surface area (Å²) in [6.07, 6.45) is 1.82. The Balaban J connectivity index is 1.22. The molecular formula is C40H25N3O. The normalized spacial score (nSPS) is 13.4. The van der Waals surface area contributed by atoms with Crippen molar-refractivity contribution in [2.45, 2.75) is 19.3 Å². The minimum Gasteiger partial charge on any atom is -0.456 e. The number of pyridine rings is 2. The van der Waals surface area contributed by atoms with E-state index in [-0.39, 0.29) is 5.41 Å². The molecule has 4 heteroatoms. The molecular weight excluding hydrogens is 538 g/mol. The van der Waals surface area contributed by atoms with Gasteiger partial charge in [-0.05, 0) is 88.0 Å². The lowest BCUT2D eigenvalue weighted by Gasteiger charge is -2.22. The number of hydrogen-bond acceptors (Lipinski definition) is 4. The number of aromatic nitrogens is 2. The number of benzene rings is 5. The topological polar surface area (TPSA) is 62.7 Å². The van der Waals surface area contributed by atoms with E-state index >= 15 is 0 Å². The van der Waals surface area contributed by atoms with Crippen LogP contribution in [0.15, 0.2) is 120 Å². The van der Waals surface area contributed by atoms with Crippen molar-refractivity contribution in [3.05, 3.63) is 132 Å². The van der Waals surface area contributed by atoms with Crippen molar-refractivity contribution in [1.29, 1.82) is 5.26 Å². The molecule has 0 bridgehead atoms. The van der Waals surface area contributed by atoms with Crippen LogP contribution in [0.2, 0.25) is 0 Å². The molecule has 1 aliphatic rings. The standard InChI is InChI=1S/C40H25N3O/c1-40(2)32-19-23(22-41)8-14-29(32)30-15-11-26(21-33(30)40)28-6-3-7-36-37(28)31-20-27(13-17-35(31)44-36)34-16-12-25-10-9-24-5-4-18-42-38(24)39(25)43-34/h3-21H,1-2H3. The number of hydrogen-bond donors (Lipinski definition) is 0. The van der Waals surface area contributed by atoms with E-state index in [1.807, 2.05) is 30.5 Å². The lowest BCUT2D eigenvalue weighted by atomic mass is 9.81. The Hall–Kier alpha value is -5.79. The summed E-state index contributed by atoms with van der Waals surface area (Å²) in [5.41, 5.74) is 13.1. The zero-order valence-electron chi connectivity index (χ0n) is 24.2. The molecule has 206 valence electrons. The monoisotopic (exact) mass is 563 g/mol. The Labute approximate surface area is 253 Å². The van der Waals surface area contributed by atoms with Gasteiger partial charge >= 0.3 is 0 Å². The third kappa shape index (κ3) is 3.44. The molecule has 1 aliphatic carbocycles. The van der Waals surface area contributed by atoms with Crippen molar-refractivity contribution >= 4 is 43.7 Å². The molecule has 0 amide bonds. The van der Waals surface area contributed by atoms with Crippen LogP contribution in [0.25, 0.3) is 77.3 Å². The fourth-order valence-electron chi connectivity index (χ4n) is 7.09. The predicted octanol–water partition coefficient (Wildman–Crippen LogP) is 10.2. The molecule has 8 aromatic rings. The maximum atomic E-state index is 9.53. The van der Waals surface area contributed by atoms with Crippen LogP contribution in [-0.4, -0.2) is 9.97 Å². The number of nitrogens with zero attached hydrogens (tertiary/aromatic N) is 3. The third-order valence-electron chi connectivity index (χ3n) is 9.34. The van der Waals surface area contributed by atoms with E-state index in [1.165, 1.54) is 22.3 Å². The first-order chi connectivity index (χ1) is 21.5. The van der Waals surface area contributed by atoms with E-state index in [4.69, 9.17) is 9.40 Å². The minimum absolute atomic E-state index is 0.214. The third-order valence-corrected chi connectivity index (χ3v) is 9.34. The summed E-state index contributed by atoms with van der Waals surface area (Å²) in [5, 5.41) is 13.8. The molecule has 3 aromatic heterocycles. The Morgan fingerprint density at radius 3 is 2.30 bits per heavy atom. The smallest absolute Gasteiger partial charge is 0.136 e. The van der Waals surface area contributed by atoms with Crippen molar-refractivity contribution < 1.29 is 4.42 Å². The van der Waals surface area contributed by atoms with Crippen molar-refractivity contribution in [3.63, 3.8) is 0 Å². The second-order valence-corrected chi connectivity index (χ2v) is 12.2. The maximum absolute atomic E-state index is 9.53. The molecule has 0 spiro atoms. The molecule has 0 radical (unpaired) electrons. The van der Waals surface area contributed by atoms with E-state index in [9.17, 15) is 5.26 Å². The Morgan fingerprint density at radius 1 is 0.659 bits per heavy atom. The molecule has 0 unspecified atom stereocenters. The Kier molecular flexibility index (Phi) is 4.99. The maximum Gasteiger partial charge on any atom is 0.136 e. The second kappa shape index (κ2) is 8.86. The van der Waals surface area contributed by atoms with Crippen LogP contribution in [0.3, 0.4) is 0 Å². The molecule has 44 heavy (non-hydrogen) atoms. The van der Waals surface area contributed by atoms with E-state index in [1.54, 1.807) is 0 Å². The molecule has 0 N–H and O–H groups in total. The van der Waals surface area contributed by atoms with Gasteiger partial charge in [-0.3, -0.25) is 4.98 Å². The number of rotatable bonds is 2. The van der Waals surface area contributed by atoms with Crippen LogP contribution < -0.4 is 0 Å². The molecule has 0 saturated carbocycles. The fraction of sp³-hybridized carbons (Fsp3) is 0.0750. The molecule has 0 aliphatic heterocycles. The fourth-order valence-corrected chi connectivity index (χ4v) is 7.09. The van der Waals surface area contributed by atoms with Gasteiger partial charge in [0.05, 0.1) is 28.4 Å². The minimum atomic E-state index is -0.214. The van der Waals surface area contributed by atoms with Gasteiger partial charge in [0.25, 0.3) is 0 Å². The largest absolute Gasteiger partial charge is 0.456 e. The highest BCUT2D eigenvalue weighted by Gasteiger charge is 2.36. The SMILES string of the molecule is CC1(C)c2cc(C#N)ccc2-c2ccc(-c3cccc4oc5ccc(-c6ccc7ccc8cccnc8c7n6)cc5c34)cc21. The summed E-state index contributed by atoms with van der Waals surface area (Å²) in [7, 11) is 0. The summed E-state index contributed by atoms with van der Waals surface area (Å²) in [6.45, 7) is 4.50. The van der Waals surface area contributed by atoms with Gasteiger partial charge in [0.2, 0.25) is 0 Å². The zero-order chi connectivity index (χ0) is 29.6. The van der Waals surface area contributed by atoms with Crippen LogP contribution in [0.1, 0.15) is 30.5 Å². The molecule has 9 rings (SSSR count). The van der Waals surface area contributed by atoms with Gasteiger partial charge in [-0.2, -0.15) is 5.26 Å². The zero-order valence-corrected chi connectivity index (χ0v) is 24.2. The van der Waals surface area contributed by atoms with Gasteiger partial charge in [-0.25, -0.2) is 4.98 Å². The summed E-state index contributed by atoms with van der Waals surface area (Å²) in [4.78, 5) is 9.74. The van der Waals surface area contributed by atoms with E-state index < -0.39 is 0 Å². The van der Waals surface area contributed by atoms with Crippen molar-refractivity contribution in [1.82, 2.24) is 9.97 Å². The lowest BCUT2D eigenvalue weighted by Crippen LogP contribution is -2.15.